The molecule has 0 radical (unpaired) electrons. The van der Waals surface area contributed by atoms with Gasteiger partial charge in [-0.2, -0.15) is 0 Å². The van der Waals surface area contributed by atoms with Crippen molar-refractivity contribution in [2.45, 2.75) is 81.6 Å². The van der Waals surface area contributed by atoms with Crippen molar-refractivity contribution in [3.05, 3.63) is 53.6 Å². The standard InChI is InChI=1S/C30H31F3O6S/c1-27-8-7-16(34)10-19(27)20(32)11-18-17-12-24-30(26(36)40-14-31,28(17,2)13-23(35)29(18,27)33)39-25(38-24)22-9-15-5-3-4-6-21(15)37-22/h3-8,10,17-18,20,22-25,35H,9,11-14H2,1-2H3/t17-,18-,20-,22?,23-,24+,25?,27-,28-,29-,30-/m0/s1. The van der Waals surface area contributed by atoms with Crippen molar-refractivity contribution in [2.24, 2.45) is 22.7 Å². The minimum absolute atomic E-state index is 0.0314. The highest BCUT2D eigenvalue weighted by molar-refractivity contribution is 8.13. The van der Waals surface area contributed by atoms with Crippen LogP contribution in [0.15, 0.2) is 48.1 Å². The molecule has 40 heavy (non-hydrogen) atoms. The zero-order chi connectivity index (χ0) is 28.2. The first-order valence-electron chi connectivity index (χ1n) is 13.8. The molecular formula is C30H31F3O6S. The van der Waals surface area contributed by atoms with Gasteiger partial charge in [-0.05, 0) is 61.5 Å². The molecule has 0 aromatic heterocycles. The third-order valence-corrected chi connectivity index (χ3v) is 11.5. The molecule has 1 aromatic carbocycles. The number of rotatable bonds is 3. The van der Waals surface area contributed by atoms with Crippen molar-refractivity contribution in [2.75, 3.05) is 6.01 Å². The molecule has 6 aliphatic rings. The minimum Gasteiger partial charge on any atom is -0.484 e. The molecule has 2 aliphatic heterocycles. The van der Waals surface area contributed by atoms with Gasteiger partial charge in [0.2, 0.25) is 5.12 Å². The van der Waals surface area contributed by atoms with Gasteiger partial charge in [0.1, 0.15) is 17.9 Å². The first-order chi connectivity index (χ1) is 19.0. The van der Waals surface area contributed by atoms with E-state index in [9.17, 15) is 19.1 Å². The fourth-order valence-corrected chi connectivity index (χ4v) is 9.73. The lowest BCUT2D eigenvalue weighted by molar-refractivity contribution is -0.237. The van der Waals surface area contributed by atoms with Crippen molar-refractivity contribution in [3.8, 4) is 5.75 Å². The number of ether oxygens (including phenoxy) is 3. The summed E-state index contributed by atoms with van der Waals surface area (Å²) in [4.78, 5) is 25.9. The summed E-state index contributed by atoms with van der Waals surface area (Å²) >= 11 is 0.471. The Balaban J connectivity index is 1.28. The number of aliphatic hydroxyl groups is 1. The summed E-state index contributed by atoms with van der Waals surface area (Å²) in [6, 6.07) is 6.55. The van der Waals surface area contributed by atoms with E-state index in [0.29, 0.717) is 23.9 Å². The van der Waals surface area contributed by atoms with Crippen LogP contribution in [-0.2, 0) is 25.5 Å². The first-order valence-corrected chi connectivity index (χ1v) is 14.8. The number of ketones is 1. The highest BCUT2D eigenvalue weighted by Crippen LogP contribution is 2.72. The molecule has 1 aromatic rings. The van der Waals surface area contributed by atoms with Crippen LogP contribution in [0.1, 0.15) is 38.7 Å². The molecule has 10 heteroatoms. The summed E-state index contributed by atoms with van der Waals surface area (Å²) in [5.41, 5.74) is -5.69. The van der Waals surface area contributed by atoms with Crippen LogP contribution in [0.4, 0.5) is 13.2 Å². The SMILES string of the molecule is C[C@]12C=CC(=O)C=C1[C@@H](F)C[C@H]1[C@@H]3C[C@H]4OC(C5Cc6ccccc6O5)O[C@@]4(C(=O)SCF)[C@@]3(C)C[C@H](O)[C@@]12F. The number of benzene rings is 1. The summed E-state index contributed by atoms with van der Waals surface area (Å²) < 4.78 is 65.9. The van der Waals surface area contributed by atoms with E-state index < -0.39 is 81.6 Å². The average Bonchev–Trinajstić information content (AvgIpc) is 3.58. The predicted octanol–water partition coefficient (Wildman–Crippen LogP) is 4.59. The fraction of sp³-hybridized carbons (Fsp3) is 0.600. The highest BCUT2D eigenvalue weighted by atomic mass is 32.2. The van der Waals surface area contributed by atoms with Gasteiger partial charge >= 0.3 is 0 Å². The van der Waals surface area contributed by atoms with Crippen LogP contribution in [0.2, 0.25) is 0 Å². The molecule has 1 saturated heterocycles. The molecule has 0 amide bonds. The zero-order valence-corrected chi connectivity index (χ0v) is 23.0. The van der Waals surface area contributed by atoms with Crippen molar-refractivity contribution in [3.63, 3.8) is 0 Å². The summed E-state index contributed by atoms with van der Waals surface area (Å²) in [5.74, 6) is -1.33. The number of hydrogen-bond acceptors (Lipinski definition) is 7. The minimum atomic E-state index is -2.30. The number of carbonyl (C=O) groups excluding carboxylic acids is 2. The maximum atomic E-state index is 17.5. The van der Waals surface area contributed by atoms with Crippen LogP contribution in [0.25, 0.3) is 0 Å². The molecule has 2 heterocycles. The summed E-state index contributed by atoms with van der Waals surface area (Å²) in [6.07, 6.45) is -1.55. The van der Waals surface area contributed by atoms with Crippen LogP contribution >= 0.6 is 11.8 Å². The normalized spacial score (nSPS) is 48.4. The predicted molar refractivity (Wildman–Crippen MR) is 140 cm³/mol. The molecule has 11 atom stereocenters. The van der Waals surface area contributed by atoms with E-state index >= 15 is 8.78 Å². The van der Waals surface area contributed by atoms with E-state index in [1.807, 2.05) is 24.3 Å². The van der Waals surface area contributed by atoms with Crippen molar-refractivity contribution in [1.29, 1.82) is 0 Å². The summed E-state index contributed by atoms with van der Waals surface area (Å²) in [5, 5.41) is 11.0. The number of alkyl halides is 3. The molecule has 0 spiro atoms. The number of allylic oxidation sites excluding steroid dienone is 4. The van der Waals surface area contributed by atoms with Gasteiger partial charge in [0.05, 0.1) is 12.2 Å². The Morgan fingerprint density at radius 3 is 2.73 bits per heavy atom. The third kappa shape index (κ3) is 3.14. The average molecular weight is 577 g/mol. The van der Waals surface area contributed by atoms with E-state index in [4.69, 9.17) is 14.2 Å². The van der Waals surface area contributed by atoms with E-state index in [2.05, 4.69) is 0 Å². The zero-order valence-electron chi connectivity index (χ0n) is 22.1. The number of aliphatic hydroxyl groups excluding tert-OH is 1. The van der Waals surface area contributed by atoms with E-state index in [0.717, 1.165) is 11.6 Å². The van der Waals surface area contributed by atoms with Gasteiger partial charge in [-0.25, -0.2) is 13.2 Å². The van der Waals surface area contributed by atoms with Crippen molar-refractivity contribution in [1.82, 2.24) is 0 Å². The molecule has 2 unspecified atom stereocenters. The molecule has 4 fully saturated rings. The van der Waals surface area contributed by atoms with Gasteiger partial charge in [-0.1, -0.05) is 43.0 Å². The Kier molecular flexibility index (Phi) is 5.81. The molecule has 6 nitrogen and oxygen atoms in total. The Bertz CT molecular complexity index is 1330. The lowest BCUT2D eigenvalue weighted by Crippen LogP contribution is -2.70. The lowest BCUT2D eigenvalue weighted by atomic mass is 9.44. The topological polar surface area (TPSA) is 82.1 Å². The van der Waals surface area contributed by atoms with Crippen LogP contribution in [0, 0.1) is 22.7 Å². The first kappa shape index (κ1) is 26.7. The van der Waals surface area contributed by atoms with Crippen molar-refractivity contribution >= 4 is 22.7 Å². The number of fused-ring (bicyclic) bond motifs is 8. The second-order valence-electron chi connectivity index (χ2n) is 12.5. The largest absolute Gasteiger partial charge is 0.484 e. The van der Waals surface area contributed by atoms with E-state index in [1.165, 1.54) is 19.1 Å². The maximum absolute atomic E-state index is 17.5. The number of thioether (sulfide) groups is 1. The van der Waals surface area contributed by atoms with Gasteiger partial charge in [-0.3, -0.25) is 9.59 Å². The molecule has 214 valence electrons. The molecule has 1 N–H and O–H groups in total. The van der Waals surface area contributed by atoms with Gasteiger partial charge < -0.3 is 19.3 Å². The van der Waals surface area contributed by atoms with Crippen LogP contribution in [-0.4, -0.2) is 64.1 Å². The highest BCUT2D eigenvalue weighted by Gasteiger charge is 2.80. The number of para-hydroxylation sites is 1. The quantitative estimate of drug-likeness (QED) is 0.564. The molecular weight excluding hydrogens is 545 g/mol. The monoisotopic (exact) mass is 576 g/mol. The summed E-state index contributed by atoms with van der Waals surface area (Å²) in [7, 11) is 0. The van der Waals surface area contributed by atoms with Crippen molar-refractivity contribution < 1.29 is 42.1 Å². The van der Waals surface area contributed by atoms with Crippen LogP contribution in [0.3, 0.4) is 0 Å². The van der Waals surface area contributed by atoms with Crippen LogP contribution in [0.5, 0.6) is 5.75 Å². The van der Waals surface area contributed by atoms with E-state index in [1.54, 1.807) is 6.92 Å². The maximum Gasteiger partial charge on any atom is 0.226 e. The number of carbonyl (C=O) groups is 2. The molecule has 7 rings (SSSR count). The Hall–Kier alpha value is -2.14. The van der Waals surface area contributed by atoms with Gasteiger partial charge in [0, 0.05) is 23.2 Å². The second-order valence-corrected chi connectivity index (χ2v) is 13.3. The second kappa shape index (κ2) is 8.69. The fourth-order valence-electron chi connectivity index (χ4n) is 9.01. The molecule has 3 saturated carbocycles. The summed E-state index contributed by atoms with van der Waals surface area (Å²) in [6.45, 7) is 3.29. The smallest absolute Gasteiger partial charge is 0.226 e. The molecule has 0 bridgehead atoms. The van der Waals surface area contributed by atoms with E-state index in [-0.39, 0.29) is 24.8 Å². The number of halogens is 3. The lowest BCUT2D eigenvalue weighted by Gasteiger charge is -2.63. The Morgan fingerprint density at radius 1 is 1.20 bits per heavy atom. The molecule has 4 aliphatic carbocycles. The third-order valence-electron chi connectivity index (χ3n) is 10.9. The van der Waals surface area contributed by atoms with Gasteiger partial charge in [-0.15, -0.1) is 0 Å². The van der Waals surface area contributed by atoms with Gasteiger partial charge in [0.15, 0.2) is 29.4 Å². The van der Waals surface area contributed by atoms with Crippen LogP contribution < -0.4 is 4.74 Å². The van der Waals surface area contributed by atoms with Gasteiger partial charge in [0.25, 0.3) is 0 Å². The number of hydrogen-bond donors (Lipinski definition) is 1. The Labute approximate surface area is 234 Å². The Morgan fingerprint density at radius 2 is 1.98 bits per heavy atom.